The van der Waals surface area contributed by atoms with Gasteiger partial charge in [0.05, 0.1) is 0 Å². The average molecular weight is 378 g/mol. The summed E-state index contributed by atoms with van der Waals surface area (Å²) in [6, 6.07) is 0. The molecule has 1 radical (unpaired) electrons. The number of carboxylic acids is 1. The molecule has 0 bridgehead atoms. The molecule has 0 saturated carbocycles. The van der Waals surface area contributed by atoms with Crippen molar-refractivity contribution < 1.29 is 42.6 Å². The van der Waals surface area contributed by atoms with E-state index in [1.165, 1.54) is 31.8 Å². The third kappa shape index (κ3) is 31.7. The number of rotatable bonds is 11. The van der Waals surface area contributed by atoms with E-state index >= 15 is 0 Å². The Hall–Kier alpha value is -0.596. The first-order valence-electron chi connectivity index (χ1n) is 7.68. The molecule has 0 aliphatic rings. The van der Waals surface area contributed by atoms with Crippen LogP contribution in [0.5, 0.6) is 0 Å². The molecule has 0 rings (SSSR count). The molecule has 123 valence electrons. The smallest absolute Gasteiger partial charge is 0.0414 e. The largest absolute Gasteiger partial charge is 0.550 e. The Kier molecular flexibility index (Phi) is 30.3. The minimum absolute atomic E-state index is 0. The van der Waals surface area contributed by atoms with Gasteiger partial charge in [0.25, 0.3) is 0 Å². The Morgan fingerprint density at radius 3 is 2.32 bits per heavy atom. The zero-order valence-electron chi connectivity index (χ0n) is 13.9. The number of allylic oxidation sites excluding steroid dienone is 7. The van der Waals surface area contributed by atoms with Crippen molar-refractivity contribution in [3.63, 3.8) is 0 Å². The number of hydrogen-bond acceptors (Lipinski definition) is 2. The molecular formula is C19H29O2Y-3. The molecule has 0 N–H and O–H groups in total. The average Bonchev–Trinajstić information content (AvgIpc) is 2.47. The van der Waals surface area contributed by atoms with Gasteiger partial charge in [-0.3, -0.25) is 6.58 Å². The molecule has 2 nitrogen and oxygen atoms in total. The number of carbonyl (C=O) groups excluding carboxylic acids is 1. The molecule has 0 unspecified atom stereocenters. The fourth-order valence-corrected chi connectivity index (χ4v) is 1.44. The summed E-state index contributed by atoms with van der Waals surface area (Å²) in [4.78, 5) is 10.0. The fourth-order valence-electron chi connectivity index (χ4n) is 1.44. The molecule has 0 amide bonds. The van der Waals surface area contributed by atoms with Crippen LogP contribution in [-0.4, -0.2) is 5.97 Å². The molecule has 0 aliphatic carbocycles. The quantitative estimate of drug-likeness (QED) is 0.232. The summed E-state index contributed by atoms with van der Waals surface area (Å²) in [5.74, 6) is -0.981. The third-order valence-electron chi connectivity index (χ3n) is 2.58. The Bertz CT molecular complexity index is 317. The number of hydrogen-bond donors (Lipinski definition) is 0. The predicted octanol–water partition coefficient (Wildman–Crippen LogP) is 4.35. The van der Waals surface area contributed by atoms with E-state index in [4.69, 9.17) is 6.58 Å². The van der Waals surface area contributed by atoms with Gasteiger partial charge in [0.2, 0.25) is 0 Å². The van der Waals surface area contributed by atoms with E-state index in [0.717, 1.165) is 12.8 Å². The van der Waals surface area contributed by atoms with Crippen LogP contribution < -0.4 is 5.11 Å². The molecule has 3 heteroatoms. The van der Waals surface area contributed by atoms with Gasteiger partial charge in [-0.15, -0.1) is 6.42 Å². The van der Waals surface area contributed by atoms with Crippen molar-refractivity contribution in [2.24, 2.45) is 0 Å². The molecule has 0 aromatic heterocycles. The fraction of sp³-hybridized carbons (Fsp3) is 0.474. The van der Waals surface area contributed by atoms with E-state index in [-0.39, 0.29) is 39.1 Å². The zero-order chi connectivity index (χ0) is 16.2. The summed E-state index contributed by atoms with van der Waals surface area (Å²) >= 11 is 0. The Balaban J connectivity index is -0.000000348. The standard InChI is InChI=1S/C11H15O2.C8H15.Y/c1-2-3-4-5-6-7-8-9-10-11(12)13;1-3-5-7-8-6-4-2;/h1-4,6-7H,5,8-10H2,(H,12,13);3,5H,1,4,6-8H2,2H3;/q2*-1;/p-1/b4-3-,7-6-;5-3-;. The maximum Gasteiger partial charge on any atom is 0.0414 e. The number of aliphatic carboxylic acids is 1. The van der Waals surface area contributed by atoms with Crippen molar-refractivity contribution in [1.82, 2.24) is 0 Å². The van der Waals surface area contributed by atoms with Crippen molar-refractivity contribution in [2.75, 3.05) is 0 Å². The van der Waals surface area contributed by atoms with E-state index in [1.54, 1.807) is 6.08 Å². The molecule has 0 aromatic rings. The summed E-state index contributed by atoms with van der Waals surface area (Å²) in [7, 11) is 0. The zero-order valence-corrected chi connectivity index (χ0v) is 16.7. The van der Waals surface area contributed by atoms with Gasteiger partial charge in [-0.1, -0.05) is 38.3 Å². The van der Waals surface area contributed by atoms with Crippen molar-refractivity contribution >= 4 is 5.97 Å². The van der Waals surface area contributed by atoms with Crippen LogP contribution in [0.1, 0.15) is 58.3 Å². The monoisotopic (exact) mass is 378 g/mol. The van der Waals surface area contributed by atoms with Crippen LogP contribution in [-0.2, 0) is 37.5 Å². The maximum atomic E-state index is 10.0. The molecule has 0 fully saturated rings. The second-order valence-corrected chi connectivity index (χ2v) is 4.56. The number of unbranched alkanes of at least 4 members (excludes halogenated alkanes) is 4. The molecular weight excluding hydrogens is 349 g/mol. The summed E-state index contributed by atoms with van der Waals surface area (Å²) in [6.07, 6.45) is 20.7. The number of carboxylic acid groups (broad SMARTS) is 1. The first kappa shape index (κ1) is 26.3. The molecule has 0 saturated heterocycles. The van der Waals surface area contributed by atoms with Gasteiger partial charge in [-0.25, -0.2) is 31.2 Å². The van der Waals surface area contributed by atoms with Gasteiger partial charge in [0.15, 0.2) is 0 Å². The number of carbonyl (C=O) groups is 1. The Morgan fingerprint density at radius 2 is 1.77 bits per heavy atom. The minimum Gasteiger partial charge on any atom is -0.550 e. The minimum atomic E-state index is -0.981. The SMILES string of the molecule is [CH-]=C/C=C\C/C=C\CCCC(=O)[O-].[CH2-]/C=C\CCCCC.[Y]. The molecule has 0 spiro atoms. The van der Waals surface area contributed by atoms with E-state index in [0.29, 0.717) is 6.42 Å². The van der Waals surface area contributed by atoms with Crippen LogP contribution in [0.2, 0.25) is 0 Å². The first-order valence-corrected chi connectivity index (χ1v) is 7.68. The maximum absolute atomic E-state index is 10.0. The summed E-state index contributed by atoms with van der Waals surface area (Å²) < 4.78 is 0. The van der Waals surface area contributed by atoms with Gasteiger partial charge in [-0.05, 0) is 25.7 Å². The third-order valence-corrected chi connectivity index (χ3v) is 2.58. The topological polar surface area (TPSA) is 40.1 Å². The van der Waals surface area contributed by atoms with Gasteiger partial charge < -0.3 is 9.90 Å². The second kappa shape index (κ2) is 25.4. The Labute approximate surface area is 162 Å². The van der Waals surface area contributed by atoms with E-state index < -0.39 is 5.97 Å². The van der Waals surface area contributed by atoms with Crippen LogP contribution in [0.4, 0.5) is 0 Å². The molecule has 0 heterocycles. The van der Waals surface area contributed by atoms with E-state index in [9.17, 15) is 9.90 Å². The second-order valence-electron chi connectivity index (χ2n) is 4.56. The van der Waals surface area contributed by atoms with Crippen LogP contribution >= 0.6 is 0 Å². The van der Waals surface area contributed by atoms with Gasteiger partial charge in [0, 0.05) is 38.7 Å². The van der Waals surface area contributed by atoms with Crippen LogP contribution in [0.3, 0.4) is 0 Å². The van der Waals surface area contributed by atoms with Crippen molar-refractivity contribution in [3.05, 3.63) is 56.0 Å². The predicted molar refractivity (Wildman–Crippen MR) is 89.3 cm³/mol. The van der Waals surface area contributed by atoms with Gasteiger partial charge in [-0.2, -0.15) is 6.08 Å². The molecule has 0 aromatic carbocycles. The van der Waals surface area contributed by atoms with Crippen LogP contribution in [0, 0.1) is 13.5 Å². The summed E-state index contributed by atoms with van der Waals surface area (Å²) in [5, 5.41) is 10.0. The molecule has 0 atom stereocenters. The Morgan fingerprint density at radius 1 is 1.09 bits per heavy atom. The van der Waals surface area contributed by atoms with E-state index in [2.05, 4.69) is 19.9 Å². The molecule has 0 aliphatic heterocycles. The van der Waals surface area contributed by atoms with Gasteiger partial charge >= 0.3 is 0 Å². The van der Waals surface area contributed by atoms with Crippen molar-refractivity contribution in [1.29, 1.82) is 0 Å². The van der Waals surface area contributed by atoms with Crippen molar-refractivity contribution in [3.8, 4) is 0 Å². The normalized spacial score (nSPS) is 10.4. The van der Waals surface area contributed by atoms with Crippen LogP contribution in [0.15, 0.2) is 42.5 Å². The summed E-state index contributed by atoms with van der Waals surface area (Å²) in [5.41, 5.74) is 0. The first-order chi connectivity index (χ1) is 10.2. The summed E-state index contributed by atoms with van der Waals surface area (Å²) in [6.45, 7) is 10.9. The van der Waals surface area contributed by atoms with Gasteiger partial charge in [0.1, 0.15) is 0 Å². The molecule has 22 heavy (non-hydrogen) atoms. The van der Waals surface area contributed by atoms with Crippen molar-refractivity contribution in [2.45, 2.75) is 58.3 Å². The van der Waals surface area contributed by atoms with E-state index in [1.807, 2.05) is 24.3 Å². The van der Waals surface area contributed by atoms with Crippen LogP contribution in [0.25, 0.3) is 0 Å².